The van der Waals surface area contributed by atoms with Crippen LogP contribution in [0.2, 0.25) is 0 Å². The van der Waals surface area contributed by atoms with Crippen LogP contribution < -0.4 is 10.1 Å². The number of aromatic nitrogens is 1. The van der Waals surface area contributed by atoms with Crippen molar-refractivity contribution in [1.29, 1.82) is 0 Å². The van der Waals surface area contributed by atoms with Crippen LogP contribution in [0.15, 0.2) is 28.8 Å². The monoisotopic (exact) mass is 262 g/mol. The van der Waals surface area contributed by atoms with Crippen molar-refractivity contribution in [3.8, 4) is 11.5 Å². The molecule has 0 bridgehead atoms. The second-order valence-electron chi connectivity index (χ2n) is 4.46. The molecule has 0 saturated heterocycles. The predicted octanol–water partition coefficient (Wildman–Crippen LogP) is 2.55. The SMILES string of the molecule is COc1ccc(C(C)NCc2cc(C)on2)c(O)c1. The number of phenolic OH excluding ortho intramolecular Hbond substituents is 1. The Kier molecular flexibility index (Phi) is 4.06. The largest absolute Gasteiger partial charge is 0.507 e. The highest BCUT2D eigenvalue weighted by molar-refractivity contribution is 5.41. The van der Waals surface area contributed by atoms with E-state index in [4.69, 9.17) is 9.26 Å². The minimum Gasteiger partial charge on any atom is -0.507 e. The van der Waals surface area contributed by atoms with Crippen LogP contribution in [0.5, 0.6) is 11.5 Å². The number of aromatic hydroxyl groups is 1. The van der Waals surface area contributed by atoms with E-state index in [0.29, 0.717) is 12.3 Å². The molecule has 2 N–H and O–H groups in total. The van der Waals surface area contributed by atoms with E-state index in [1.807, 2.05) is 32.0 Å². The van der Waals surface area contributed by atoms with Crippen LogP contribution in [0.25, 0.3) is 0 Å². The average molecular weight is 262 g/mol. The van der Waals surface area contributed by atoms with Gasteiger partial charge in [-0.1, -0.05) is 11.2 Å². The molecule has 0 amide bonds. The van der Waals surface area contributed by atoms with E-state index in [2.05, 4.69) is 10.5 Å². The fourth-order valence-electron chi connectivity index (χ4n) is 1.89. The molecule has 5 heteroatoms. The van der Waals surface area contributed by atoms with Crippen molar-refractivity contribution in [2.45, 2.75) is 26.4 Å². The lowest BCUT2D eigenvalue weighted by Gasteiger charge is -2.15. The summed E-state index contributed by atoms with van der Waals surface area (Å²) in [5.74, 6) is 1.65. The molecular formula is C14H18N2O3. The summed E-state index contributed by atoms with van der Waals surface area (Å²) in [7, 11) is 1.57. The minimum atomic E-state index is 0.00270. The number of rotatable bonds is 5. The normalized spacial score (nSPS) is 12.4. The van der Waals surface area contributed by atoms with Crippen LogP contribution in [0.1, 0.15) is 30.0 Å². The summed E-state index contributed by atoms with van der Waals surface area (Å²) in [6, 6.07) is 7.16. The van der Waals surface area contributed by atoms with E-state index >= 15 is 0 Å². The van der Waals surface area contributed by atoms with Gasteiger partial charge in [-0.3, -0.25) is 0 Å². The molecule has 0 radical (unpaired) electrons. The zero-order valence-electron chi connectivity index (χ0n) is 11.3. The maximum Gasteiger partial charge on any atom is 0.133 e. The molecular weight excluding hydrogens is 244 g/mol. The molecule has 0 saturated carbocycles. The maximum atomic E-state index is 9.94. The van der Waals surface area contributed by atoms with Gasteiger partial charge in [0.25, 0.3) is 0 Å². The van der Waals surface area contributed by atoms with Gasteiger partial charge >= 0.3 is 0 Å². The van der Waals surface area contributed by atoms with E-state index in [1.165, 1.54) is 0 Å². The Morgan fingerprint density at radius 1 is 1.42 bits per heavy atom. The first-order chi connectivity index (χ1) is 9.10. The van der Waals surface area contributed by atoms with Gasteiger partial charge in [-0.05, 0) is 19.9 Å². The van der Waals surface area contributed by atoms with Gasteiger partial charge in [0.05, 0.1) is 12.8 Å². The van der Waals surface area contributed by atoms with Crippen molar-refractivity contribution < 1.29 is 14.4 Å². The lowest BCUT2D eigenvalue weighted by molar-refractivity contribution is 0.385. The number of aryl methyl sites for hydroxylation is 1. The number of phenols is 1. The highest BCUT2D eigenvalue weighted by Gasteiger charge is 2.11. The van der Waals surface area contributed by atoms with Gasteiger partial charge in [0.1, 0.15) is 17.3 Å². The van der Waals surface area contributed by atoms with Crippen molar-refractivity contribution in [3.63, 3.8) is 0 Å². The first-order valence-electron chi connectivity index (χ1n) is 6.12. The second kappa shape index (κ2) is 5.75. The van der Waals surface area contributed by atoms with Gasteiger partial charge in [-0.2, -0.15) is 0 Å². The van der Waals surface area contributed by atoms with Gasteiger partial charge in [-0.15, -0.1) is 0 Å². The standard InChI is InChI=1S/C14H18N2O3/c1-9-6-11(16-19-9)8-15-10(2)13-5-4-12(18-3)7-14(13)17/h4-7,10,15,17H,8H2,1-3H3. The highest BCUT2D eigenvalue weighted by Crippen LogP contribution is 2.28. The number of benzene rings is 1. The van der Waals surface area contributed by atoms with Gasteiger partial charge in [-0.25, -0.2) is 0 Å². The Morgan fingerprint density at radius 2 is 2.21 bits per heavy atom. The quantitative estimate of drug-likeness (QED) is 0.866. The van der Waals surface area contributed by atoms with Crippen molar-refractivity contribution in [1.82, 2.24) is 10.5 Å². The Morgan fingerprint density at radius 3 is 2.79 bits per heavy atom. The number of nitrogens with one attached hydrogen (secondary N) is 1. The molecule has 1 heterocycles. The molecule has 102 valence electrons. The van der Waals surface area contributed by atoms with E-state index in [1.54, 1.807) is 13.2 Å². The molecule has 2 aromatic rings. The van der Waals surface area contributed by atoms with E-state index < -0.39 is 0 Å². The van der Waals surface area contributed by atoms with Crippen LogP contribution >= 0.6 is 0 Å². The molecule has 2 rings (SSSR count). The summed E-state index contributed by atoms with van der Waals surface area (Å²) < 4.78 is 10.1. The first-order valence-corrected chi connectivity index (χ1v) is 6.12. The topological polar surface area (TPSA) is 67.5 Å². The van der Waals surface area contributed by atoms with Gasteiger partial charge in [0.15, 0.2) is 0 Å². The second-order valence-corrected chi connectivity index (χ2v) is 4.46. The number of nitrogens with zero attached hydrogens (tertiary/aromatic N) is 1. The molecule has 1 aromatic carbocycles. The summed E-state index contributed by atoms with van der Waals surface area (Å²) >= 11 is 0. The van der Waals surface area contributed by atoms with E-state index in [-0.39, 0.29) is 11.8 Å². The summed E-state index contributed by atoms with van der Waals surface area (Å²) in [5, 5.41) is 17.1. The summed E-state index contributed by atoms with van der Waals surface area (Å²) in [6.07, 6.45) is 0. The van der Waals surface area contributed by atoms with Crippen LogP contribution in [-0.4, -0.2) is 17.4 Å². The maximum absolute atomic E-state index is 9.94. The summed E-state index contributed by atoms with van der Waals surface area (Å²) in [6.45, 7) is 4.42. The fraction of sp³-hybridized carbons (Fsp3) is 0.357. The average Bonchev–Trinajstić information content (AvgIpc) is 2.81. The van der Waals surface area contributed by atoms with Crippen molar-refractivity contribution in [3.05, 3.63) is 41.3 Å². The summed E-state index contributed by atoms with van der Waals surface area (Å²) in [5.41, 5.74) is 1.67. The molecule has 5 nitrogen and oxygen atoms in total. The lowest BCUT2D eigenvalue weighted by atomic mass is 10.1. The Hall–Kier alpha value is -2.01. The number of ether oxygens (including phenoxy) is 1. The zero-order chi connectivity index (χ0) is 13.8. The number of hydrogen-bond acceptors (Lipinski definition) is 5. The Bertz CT molecular complexity index is 551. The molecule has 0 aliphatic heterocycles. The molecule has 0 fully saturated rings. The van der Waals surface area contributed by atoms with Crippen LogP contribution in [0.4, 0.5) is 0 Å². The molecule has 19 heavy (non-hydrogen) atoms. The zero-order valence-corrected chi connectivity index (χ0v) is 11.3. The third-order valence-corrected chi connectivity index (χ3v) is 2.97. The van der Waals surface area contributed by atoms with Crippen LogP contribution in [-0.2, 0) is 6.54 Å². The summed E-state index contributed by atoms with van der Waals surface area (Å²) in [4.78, 5) is 0. The minimum absolute atomic E-state index is 0.00270. The molecule has 1 atom stereocenters. The third kappa shape index (κ3) is 3.26. The molecule has 0 aliphatic rings. The third-order valence-electron chi connectivity index (χ3n) is 2.97. The predicted molar refractivity (Wildman–Crippen MR) is 71.2 cm³/mol. The van der Waals surface area contributed by atoms with E-state index in [9.17, 15) is 5.11 Å². The van der Waals surface area contributed by atoms with Gasteiger partial charge < -0.3 is 19.7 Å². The number of methoxy groups -OCH3 is 1. The van der Waals surface area contributed by atoms with Gasteiger partial charge in [0.2, 0.25) is 0 Å². The smallest absolute Gasteiger partial charge is 0.133 e. The first kappa shape index (κ1) is 13.4. The molecule has 1 aromatic heterocycles. The Balaban J connectivity index is 2.01. The number of hydrogen-bond donors (Lipinski definition) is 2. The van der Waals surface area contributed by atoms with Crippen molar-refractivity contribution in [2.24, 2.45) is 0 Å². The molecule has 0 aliphatic carbocycles. The van der Waals surface area contributed by atoms with Crippen LogP contribution in [0.3, 0.4) is 0 Å². The fourth-order valence-corrected chi connectivity index (χ4v) is 1.89. The van der Waals surface area contributed by atoms with Crippen molar-refractivity contribution >= 4 is 0 Å². The van der Waals surface area contributed by atoms with E-state index in [0.717, 1.165) is 17.0 Å². The highest BCUT2D eigenvalue weighted by atomic mass is 16.5. The van der Waals surface area contributed by atoms with Crippen LogP contribution in [0, 0.1) is 6.92 Å². The van der Waals surface area contributed by atoms with Gasteiger partial charge in [0, 0.05) is 30.3 Å². The molecule has 0 spiro atoms. The molecule has 1 unspecified atom stereocenters. The lowest BCUT2D eigenvalue weighted by Crippen LogP contribution is -2.18. The Labute approximate surface area is 112 Å². The van der Waals surface area contributed by atoms with Crippen molar-refractivity contribution in [2.75, 3.05) is 7.11 Å².